The molecular weight excluding hydrogens is 168 g/mol. The van der Waals surface area contributed by atoms with Gasteiger partial charge >= 0.3 is 6.16 Å². The maximum absolute atomic E-state index is 8.56. The number of hydrogen-bond acceptors (Lipinski definition) is 1. The smallest absolute Gasteiger partial charge is 0.450 e. The van der Waals surface area contributed by atoms with Crippen molar-refractivity contribution in [3.05, 3.63) is 48.6 Å². The SMILES string of the molecule is C=CCc1ccccc1.O=C(O)O. The van der Waals surface area contributed by atoms with Gasteiger partial charge in [0.1, 0.15) is 0 Å². The van der Waals surface area contributed by atoms with Crippen molar-refractivity contribution >= 4 is 6.16 Å². The molecule has 13 heavy (non-hydrogen) atoms. The largest absolute Gasteiger partial charge is 0.503 e. The summed E-state index contributed by atoms with van der Waals surface area (Å²) in [5.41, 5.74) is 1.33. The van der Waals surface area contributed by atoms with Crippen LogP contribution in [0.5, 0.6) is 0 Å². The molecule has 1 aromatic rings. The molecule has 0 atom stereocenters. The Labute approximate surface area is 77.0 Å². The zero-order chi connectivity index (χ0) is 10.1. The molecular formula is C10H12O3. The number of hydrogen-bond donors (Lipinski definition) is 2. The van der Waals surface area contributed by atoms with E-state index in [1.165, 1.54) is 5.56 Å². The minimum absolute atomic E-state index is 0.973. The van der Waals surface area contributed by atoms with Crippen LogP contribution >= 0.6 is 0 Å². The second-order valence-corrected chi connectivity index (χ2v) is 2.26. The van der Waals surface area contributed by atoms with Crippen molar-refractivity contribution in [3.63, 3.8) is 0 Å². The first-order valence-electron chi connectivity index (χ1n) is 3.73. The van der Waals surface area contributed by atoms with Crippen molar-refractivity contribution in [2.75, 3.05) is 0 Å². The molecule has 0 aliphatic carbocycles. The Bertz CT molecular complexity index is 250. The normalized spacial score (nSPS) is 8.00. The summed E-state index contributed by atoms with van der Waals surface area (Å²) in [6.07, 6.45) is 1.05. The molecule has 0 heterocycles. The molecule has 0 saturated heterocycles. The third-order valence-electron chi connectivity index (χ3n) is 1.22. The summed E-state index contributed by atoms with van der Waals surface area (Å²) in [6, 6.07) is 10.3. The first-order valence-corrected chi connectivity index (χ1v) is 3.73. The highest BCUT2D eigenvalue weighted by Crippen LogP contribution is 1.98. The van der Waals surface area contributed by atoms with E-state index in [1.807, 2.05) is 24.3 Å². The van der Waals surface area contributed by atoms with Gasteiger partial charge in [-0.2, -0.15) is 0 Å². The van der Waals surface area contributed by atoms with Crippen LogP contribution in [0, 0.1) is 0 Å². The highest BCUT2D eigenvalue weighted by Gasteiger charge is 1.82. The van der Waals surface area contributed by atoms with Crippen molar-refractivity contribution in [1.29, 1.82) is 0 Å². The highest BCUT2D eigenvalue weighted by atomic mass is 16.6. The van der Waals surface area contributed by atoms with Crippen LogP contribution in [0.1, 0.15) is 5.56 Å². The van der Waals surface area contributed by atoms with E-state index >= 15 is 0 Å². The van der Waals surface area contributed by atoms with Gasteiger partial charge < -0.3 is 10.2 Å². The zero-order valence-electron chi connectivity index (χ0n) is 7.18. The third-order valence-corrected chi connectivity index (χ3v) is 1.22. The molecule has 0 bridgehead atoms. The summed E-state index contributed by atoms with van der Waals surface area (Å²) in [4.78, 5) is 8.56. The molecule has 0 fully saturated rings. The number of allylic oxidation sites excluding steroid dienone is 1. The molecule has 0 aromatic heterocycles. The van der Waals surface area contributed by atoms with Gasteiger partial charge in [0.2, 0.25) is 0 Å². The van der Waals surface area contributed by atoms with Crippen molar-refractivity contribution < 1.29 is 15.0 Å². The lowest BCUT2D eigenvalue weighted by Crippen LogP contribution is -1.81. The van der Waals surface area contributed by atoms with Gasteiger partial charge in [-0.3, -0.25) is 0 Å². The minimum atomic E-state index is -1.83. The van der Waals surface area contributed by atoms with Crippen molar-refractivity contribution in [3.8, 4) is 0 Å². The summed E-state index contributed by atoms with van der Waals surface area (Å²) >= 11 is 0. The molecule has 3 nitrogen and oxygen atoms in total. The molecule has 3 heteroatoms. The molecule has 1 aromatic carbocycles. The molecule has 0 saturated carbocycles. The van der Waals surface area contributed by atoms with Crippen molar-refractivity contribution in [2.24, 2.45) is 0 Å². The van der Waals surface area contributed by atoms with Crippen molar-refractivity contribution in [2.45, 2.75) is 6.42 Å². The van der Waals surface area contributed by atoms with E-state index in [0.29, 0.717) is 0 Å². The van der Waals surface area contributed by atoms with E-state index in [1.54, 1.807) is 0 Å². The minimum Gasteiger partial charge on any atom is -0.450 e. The summed E-state index contributed by atoms with van der Waals surface area (Å²) < 4.78 is 0. The van der Waals surface area contributed by atoms with Gasteiger partial charge in [-0.25, -0.2) is 4.79 Å². The predicted molar refractivity (Wildman–Crippen MR) is 51.0 cm³/mol. The van der Waals surface area contributed by atoms with Crippen LogP contribution in [0.2, 0.25) is 0 Å². The average molecular weight is 180 g/mol. The second kappa shape index (κ2) is 6.91. The van der Waals surface area contributed by atoms with E-state index < -0.39 is 6.16 Å². The molecule has 0 amide bonds. The van der Waals surface area contributed by atoms with Crippen LogP contribution < -0.4 is 0 Å². The van der Waals surface area contributed by atoms with Gasteiger partial charge in [-0.15, -0.1) is 6.58 Å². The van der Waals surface area contributed by atoms with Gasteiger partial charge in [0.25, 0.3) is 0 Å². The number of benzene rings is 1. The first kappa shape index (κ1) is 11.2. The molecule has 0 aliphatic heterocycles. The number of carbonyl (C=O) groups is 1. The van der Waals surface area contributed by atoms with Gasteiger partial charge in [-0.1, -0.05) is 36.4 Å². The van der Waals surface area contributed by atoms with Crippen LogP contribution in [0.25, 0.3) is 0 Å². The molecule has 70 valence electrons. The fraction of sp³-hybridized carbons (Fsp3) is 0.100. The Hall–Kier alpha value is -1.77. The lowest BCUT2D eigenvalue weighted by atomic mass is 10.2. The monoisotopic (exact) mass is 180 g/mol. The quantitative estimate of drug-likeness (QED) is 0.688. The molecule has 0 spiro atoms. The average Bonchev–Trinajstić information content (AvgIpc) is 2.06. The standard InChI is InChI=1S/C9H10.CH2O3/c1-2-6-9-7-4-3-5-8-9;2-1(3)4/h2-5,7-8H,1,6H2;(H2,2,3,4). The van der Waals surface area contributed by atoms with Crippen LogP contribution in [-0.2, 0) is 6.42 Å². The van der Waals surface area contributed by atoms with Crippen LogP contribution in [0.3, 0.4) is 0 Å². The zero-order valence-corrected chi connectivity index (χ0v) is 7.18. The van der Waals surface area contributed by atoms with Gasteiger partial charge in [0, 0.05) is 0 Å². The third kappa shape index (κ3) is 8.13. The van der Waals surface area contributed by atoms with Gasteiger partial charge in [0.15, 0.2) is 0 Å². The topological polar surface area (TPSA) is 57.5 Å². The Balaban J connectivity index is 0.000000310. The molecule has 0 aliphatic rings. The summed E-state index contributed by atoms with van der Waals surface area (Å²) in [6.45, 7) is 3.66. The van der Waals surface area contributed by atoms with Crippen molar-refractivity contribution in [1.82, 2.24) is 0 Å². The number of rotatable bonds is 2. The molecule has 0 radical (unpaired) electrons. The maximum atomic E-state index is 8.56. The fourth-order valence-electron chi connectivity index (χ4n) is 0.781. The van der Waals surface area contributed by atoms with E-state index in [0.717, 1.165) is 6.42 Å². The highest BCUT2D eigenvalue weighted by molar-refractivity contribution is 5.53. The lowest BCUT2D eigenvalue weighted by Gasteiger charge is -1.91. The summed E-state index contributed by atoms with van der Waals surface area (Å²) in [5.74, 6) is 0. The predicted octanol–water partition coefficient (Wildman–Crippen LogP) is 2.64. The van der Waals surface area contributed by atoms with Gasteiger partial charge in [0.05, 0.1) is 0 Å². The number of carboxylic acid groups (broad SMARTS) is 2. The molecule has 0 unspecified atom stereocenters. The van der Waals surface area contributed by atoms with E-state index in [4.69, 9.17) is 15.0 Å². The van der Waals surface area contributed by atoms with Crippen LogP contribution in [0.4, 0.5) is 4.79 Å². The second-order valence-electron chi connectivity index (χ2n) is 2.26. The first-order chi connectivity index (χ1) is 6.16. The van der Waals surface area contributed by atoms with E-state index in [9.17, 15) is 0 Å². The Kier molecular flexibility index (Phi) is 5.97. The molecule has 1 rings (SSSR count). The molecule has 2 N–H and O–H groups in total. The van der Waals surface area contributed by atoms with Crippen LogP contribution in [0.15, 0.2) is 43.0 Å². The summed E-state index contributed by atoms with van der Waals surface area (Å²) in [5, 5.41) is 13.9. The Morgan fingerprint density at radius 3 is 2.15 bits per heavy atom. The van der Waals surface area contributed by atoms with E-state index in [2.05, 4.69) is 18.7 Å². The van der Waals surface area contributed by atoms with E-state index in [-0.39, 0.29) is 0 Å². The van der Waals surface area contributed by atoms with Gasteiger partial charge in [-0.05, 0) is 12.0 Å². The lowest BCUT2D eigenvalue weighted by molar-refractivity contribution is 0.137. The maximum Gasteiger partial charge on any atom is 0.503 e. The Morgan fingerprint density at radius 2 is 1.77 bits per heavy atom. The fourth-order valence-corrected chi connectivity index (χ4v) is 0.781. The van der Waals surface area contributed by atoms with Crippen LogP contribution in [-0.4, -0.2) is 16.4 Å². The summed E-state index contributed by atoms with van der Waals surface area (Å²) in [7, 11) is 0. The Morgan fingerprint density at radius 1 is 1.31 bits per heavy atom.